The topological polar surface area (TPSA) is 12.9 Å². The Bertz CT molecular complexity index is 457. The summed E-state index contributed by atoms with van der Waals surface area (Å²) in [5.41, 5.74) is 3.93. The maximum atomic E-state index is 4.41. The van der Waals surface area contributed by atoms with Gasteiger partial charge >= 0.3 is 0 Å². The molecule has 1 heterocycles. The third-order valence-corrected chi connectivity index (χ3v) is 3.40. The van der Waals surface area contributed by atoms with Gasteiger partial charge < -0.3 is 0 Å². The summed E-state index contributed by atoms with van der Waals surface area (Å²) in [6, 6.07) is 6.37. The summed E-state index contributed by atoms with van der Waals surface area (Å²) in [5, 5.41) is 1.13. The average Bonchev–Trinajstić information content (AvgIpc) is 2.57. The van der Waals surface area contributed by atoms with Crippen LogP contribution in [0.25, 0.3) is 10.6 Å². The van der Waals surface area contributed by atoms with Gasteiger partial charge in [0.25, 0.3) is 0 Å². The first kappa shape index (κ1) is 9.41. The van der Waals surface area contributed by atoms with Crippen molar-refractivity contribution in [3.05, 3.63) is 40.4 Å². The number of aryl methyl sites for hydroxylation is 2. The van der Waals surface area contributed by atoms with Gasteiger partial charge in [-0.25, -0.2) is 4.98 Å². The highest BCUT2D eigenvalue weighted by Crippen LogP contribution is 2.28. The molecule has 0 aliphatic rings. The summed E-state index contributed by atoms with van der Waals surface area (Å²) < 4.78 is 0. The average molecular weight is 203 g/mol. The zero-order chi connectivity index (χ0) is 10.1. The summed E-state index contributed by atoms with van der Waals surface area (Å²) in [7, 11) is 0. The third-order valence-electron chi connectivity index (χ3n) is 2.46. The number of thiazole rings is 1. The molecule has 1 nitrogen and oxygen atoms in total. The van der Waals surface area contributed by atoms with Gasteiger partial charge in [-0.1, -0.05) is 18.2 Å². The Labute approximate surface area is 88.4 Å². The molecule has 0 aliphatic carbocycles. The fourth-order valence-electron chi connectivity index (χ4n) is 1.46. The smallest absolute Gasteiger partial charge is 0.123 e. The van der Waals surface area contributed by atoms with Crippen LogP contribution in [-0.2, 0) is 0 Å². The summed E-state index contributed by atoms with van der Waals surface area (Å²) in [4.78, 5) is 5.67. The van der Waals surface area contributed by atoms with Crippen LogP contribution in [0, 0.1) is 20.8 Å². The lowest BCUT2D eigenvalue weighted by Crippen LogP contribution is -1.85. The molecule has 2 aromatic rings. The minimum absolute atomic E-state index is 1.13. The molecule has 0 amide bonds. The van der Waals surface area contributed by atoms with Gasteiger partial charge in [-0.15, -0.1) is 11.3 Å². The van der Waals surface area contributed by atoms with Crippen LogP contribution in [0.1, 0.15) is 16.0 Å². The molecular weight excluding hydrogens is 190 g/mol. The Balaban J connectivity index is 2.57. The van der Waals surface area contributed by atoms with E-state index in [0.717, 1.165) is 5.01 Å². The van der Waals surface area contributed by atoms with Crippen LogP contribution in [0.2, 0.25) is 0 Å². The SMILES string of the molecule is Cc1cnc(-c2cccc(C)c2C)s1. The molecule has 0 saturated heterocycles. The minimum Gasteiger partial charge on any atom is -0.244 e. The Morgan fingerprint density at radius 2 is 1.93 bits per heavy atom. The van der Waals surface area contributed by atoms with E-state index in [-0.39, 0.29) is 0 Å². The molecule has 14 heavy (non-hydrogen) atoms. The maximum Gasteiger partial charge on any atom is 0.123 e. The van der Waals surface area contributed by atoms with Crippen LogP contribution < -0.4 is 0 Å². The number of hydrogen-bond donors (Lipinski definition) is 0. The molecule has 0 spiro atoms. The number of benzene rings is 1. The van der Waals surface area contributed by atoms with Gasteiger partial charge in [-0.2, -0.15) is 0 Å². The predicted octanol–water partition coefficient (Wildman–Crippen LogP) is 3.74. The number of nitrogens with zero attached hydrogens (tertiary/aromatic N) is 1. The van der Waals surface area contributed by atoms with E-state index in [1.54, 1.807) is 11.3 Å². The molecule has 0 saturated carbocycles. The second-order valence-corrected chi connectivity index (χ2v) is 4.76. The molecule has 0 N–H and O–H groups in total. The minimum atomic E-state index is 1.13. The first-order valence-electron chi connectivity index (χ1n) is 4.67. The molecule has 0 aliphatic heterocycles. The Kier molecular flexibility index (Phi) is 2.38. The van der Waals surface area contributed by atoms with E-state index in [0.29, 0.717) is 0 Å². The summed E-state index contributed by atoms with van der Waals surface area (Å²) in [6.07, 6.45) is 1.93. The Hall–Kier alpha value is -1.15. The van der Waals surface area contributed by atoms with E-state index >= 15 is 0 Å². The van der Waals surface area contributed by atoms with Crippen LogP contribution in [0.5, 0.6) is 0 Å². The molecule has 72 valence electrons. The number of rotatable bonds is 1. The quantitative estimate of drug-likeness (QED) is 0.688. The maximum absolute atomic E-state index is 4.41. The zero-order valence-corrected chi connectivity index (χ0v) is 9.48. The Morgan fingerprint density at radius 3 is 2.57 bits per heavy atom. The van der Waals surface area contributed by atoms with Crippen molar-refractivity contribution in [2.45, 2.75) is 20.8 Å². The number of hydrogen-bond acceptors (Lipinski definition) is 2. The molecule has 0 bridgehead atoms. The molecule has 0 radical (unpaired) electrons. The molecule has 0 unspecified atom stereocenters. The third kappa shape index (κ3) is 1.58. The van der Waals surface area contributed by atoms with E-state index in [2.05, 4.69) is 44.0 Å². The van der Waals surface area contributed by atoms with Gasteiger partial charge in [-0.3, -0.25) is 0 Å². The van der Waals surface area contributed by atoms with Gasteiger partial charge in [0.15, 0.2) is 0 Å². The van der Waals surface area contributed by atoms with Crippen molar-refractivity contribution in [1.82, 2.24) is 4.98 Å². The van der Waals surface area contributed by atoms with Crippen molar-refractivity contribution in [2.24, 2.45) is 0 Å². The zero-order valence-electron chi connectivity index (χ0n) is 8.66. The van der Waals surface area contributed by atoms with Gasteiger partial charge in [0, 0.05) is 16.6 Å². The molecule has 1 aromatic carbocycles. The highest BCUT2D eigenvalue weighted by Gasteiger charge is 2.06. The number of aromatic nitrogens is 1. The molecule has 2 heteroatoms. The van der Waals surface area contributed by atoms with E-state index in [1.165, 1.54) is 21.6 Å². The second-order valence-electron chi connectivity index (χ2n) is 3.52. The lowest BCUT2D eigenvalue weighted by molar-refractivity contribution is 1.31. The van der Waals surface area contributed by atoms with E-state index in [9.17, 15) is 0 Å². The van der Waals surface area contributed by atoms with Gasteiger partial charge in [0.1, 0.15) is 5.01 Å². The standard InChI is InChI=1S/C12H13NS/c1-8-5-4-6-11(10(8)3)12-13-7-9(2)14-12/h4-7H,1-3H3. The normalized spacial score (nSPS) is 10.5. The van der Waals surface area contributed by atoms with Crippen LogP contribution in [0.4, 0.5) is 0 Å². The summed E-state index contributed by atoms with van der Waals surface area (Å²) in [5.74, 6) is 0. The van der Waals surface area contributed by atoms with Crippen molar-refractivity contribution in [2.75, 3.05) is 0 Å². The van der Waals surface area contributed by atoms with Crippen LogP contribution in [-0.4, -0.2) is 4.98 Å². The van der Waals surface area contributed by atoms with Gasteiger partial charge in [0.2, 0.25) is 0 Å². The lowest BCUT2D eigenvalue weighted by atomic mass is 10.0. The second kappa shape index (κ2) is 3.54. The van der Waals surface area contributed by atoms with Crippen LogP contribution >= 0.6 is 11.3 Å². The molecule has 0 fully saturated rings. The first-order chi connectivity index (χ1) is 6.68. The van der Waals surface area contributed by atoms with Crippen molar-refractivity contribution in [3.8, 4) is 10.6 Å². The van der Waals surface area contributed by atoms with Crippen LogP contribution in [0.3, 0.4) is 0 Å². The lowest BCUT2D eigenvalue weighted by Gasteiger charge is -2.04. The molecule has 2 rings (SSSR count). The van der Waals surface area contributed by atoms with Gasteiger partial charge in [0.05, 0.1) is 0 Å². The van der Waals surface area contributed by atoms with Crippen molar-refractivity contribution in [3.63, 3.8) is 0 Å². The van der Waals surface area contributed by atoms with Crippen LogP contribution in [0.15, 0.2) is 24.4 Å². The fourth-order valence-corrected chi connectivity index (χ4v) is 2.31. The first-order valence-corrected chi connectivity index (χ1v) is 5.49. The summed E-state index contributed by atoms with van der Waals surface area (Å²) in [6.45, 7) is 6.38. The highest BCUT2D eigenvalue weighted by atomic mass is 32.1. The van der Waals surface area contributed by atoms with Crippen molar-refractivity contribution >= 4 is 11.3 Å². The Morgan fingerprint density at radius 1 is 1.14 bits per heavy atom. The van der Waals surface area contributed by atoms with E-state index < -0.39 is 0 Å². The van der Waals surface area contributed by atoms with Crippen molar-refractivity contribution < 1.29 is 0 Å². The van der Waals surface area contributed by atoms with E-state index in [1.807, 2.05) is 6.20 Å². The van der Waals surface area contributed by atoms with E-state index in [4.69, 9.17) is 0 Å². The largest absolute Gasteiger partial charge is 0.244 e. The summed E-state index contributed by atoms with van der Waals surface area (Å²) >= 11 is 1.75. The molecule has 1 aromatic heterocycles. The monoisotopic (exact) mass is 203 g/mol. The molecule has 0 atom stereocenters. The molecular formula is C12H13NS. The fraction of sp³-hybridized carbons (Fsp3) is 0.250. The van der Waals surface area contributed by atoms with Gasteiger partial charge in [-0.05, 0) is 31.9 Å². The highest BCUT2D eigenvalue weighted by molar-refractivity contribution is 7.14. The van der Waals surface area contributed by atoms with Crippen molar-refractivity contribution in [1.29, 1.82) is 0 Å². The predicted molar refractivity (Wildman–Crippen MR) is 61.8 cm³/mol.